The van der Waals surface area contributed by atoms with Gasteiger partial charge in [-0.25, -0.2) is 0 Å². The molecule has 0 aromatic heterocycles. The highest BCUT2D eigenvalue weighted by Crippen LogP contribution is 2.24. The molecule has 0 aromatic rings. The third-order valence-electron chi connectivity index (χ3n) is 3.31. The van der Waals surface area contributed by atoms with E-state index < -0.39 is 6.04 Å². The van der Waals surface area contributed by atoms with Gasteiger partial charge in [-0.2, -0.15) is 0 Å². The van der Waals surface area contributed by atoms with Crippen LogP contribution >= 0.6 is 0 Å². The number of nitrogens with zero attached hydrogens (tertiary/aromatic N) is 1. The highest BCUT2D eigenvalue weighted by Gasteiger charge is 2.28. The molecule has 1 fully saturated rings. The molecular formula is C12H24N2O2. The minimum absolute atomic E-state index is 0.0165. The summed E-state index contributed by atoms with van der Waals surface area (Å²) in [6.45, 7) is 2.49. The molecule has 0 spiro atoms. The summed E-state index contributed by atoms with van der Waals surface area (Å²) in [5.41, 5.74) is 5.85. The number of carbonyl (C=O) groups is 1. The van der Waals surface area contributed by atoms with Gasteiger partial charge in [-0.15, -0.1) is 0 Å². The second-order valence-electron chi connectivity index (χ2n) is 4.59. The summed E-state index contributed by atoms with van der Waals surface area (Å²) < 4.78 is 0. The Balaban J connectivity index is 2.56. The van der Waals surface area contributed by atoms with Crippen LogP contribution in [0.5, 0.6) is 0 Å². The minimum atomic E-state index is -0.392. The number of nitrogens with two attached hydrogens (primary N) is 1. The second kappa shape index (κ2) is 6.86. The quantitative estimate of drug-likeness (QED) is 0.709. The lowest BCUT2D eigenvalue weighted by Gasteiger charge is -2.30. The first kappa shape index (κ1) is 13.5. The Kier molecular flexibility index (Phi) is 5.77. The third kappa shape index (κ3) is 3.46. The number of hydrogen-bond acceptors (Lipinski definition) is 3. The van der Waals surface area contributed by atoms with Crippen molar-refractivity contribution in [1.82, 2.24) is 4.90 Å². The van der Waals surface area contributed by atoms with Crippen LogP contribution < -0.4 is 5.73 Å². The van der Waals surface area contributed by atoms with Crippen molar-refractivity contribution in [3.8, 4) is 0 Å². The summed E-state index contributed by atoms with van der Waals surface area (Å²) in [5, 5.41) is 9.02. The molecule has 1 aliphatic rings. The molecule has 0 saturated heterocycles. The summed E-state index contributed by atoms with van der Waals surface area (Å²) in [5.74, 6) is 0.0165. The Morgan fingerprint density at radius 3 is 2.62 bits per heavy atom. The Morgan fingerprint density at radius 2 is 2.12 bits per heavy atom. The maximum absolute atomic E-state index is 12.1. The Morgan fingerprint density at radius 1 is 1.50 bits per heavy atom. The molecule has 94 valence electrons. The molecule has 1 amide bonds. The summed E-state index contributed by atoms with van der Waals surface area (Å²) in [7, 11) is 0. The second-order valence-corrected chi connectivity index (χ2v) is 4.59. The zero-order valence-electron chi connectivity index (χ0n) is 10.2. The van der Waals surface area contributed by atoms with Crippen molar-refractivity contribution in [2.45, 2.75) is 57.5 Å². The normalized spacial score (nSPS) is 18.7. The molecule has 1 rings (SSSR count). The predicted molar refractivity (Wildman–Crippen MR) is 63.9 cm³/mol. The van der Waals surface area contributed by atoms with E-state index >= 15 is 0 Å². The van der Waals surface area contributed by atoms with Crippen molar-refractivity contribution >= 4 is 5.91 Å². The van der Waals surface area contributed by atoms with Gasteiger partial charge in [0.15, 0.2) is 0 Å². The first-order valence-corrected chi connectivity index (χ1v) is 6.37. The molecule has 4 nitrogen and oxygen atoms in total. The average molecular weight is 228 g/mol. The van der Waals surface area contributed by atoms with Crippen LogP contribution in [0.15, 0.2) is 0 Å². The van der Waals surface area contributed by atoms with Crippen molar-refractivity contribution in [3.63, 3.8) is 0 Å². The van der Waals surface area contributed by atoms with Crippen molar-refractivity contribution in [1.29, 1.82) is 0 Å². The van der Waals surface area contributed by atoms with Crippen LogP contribution in [0, 0.1) is 0 Å². The van der Waals surface area contributed by atoms with Crippen LogP contribution in [0.25, 0.3) is 0 Å². The minimum Gasteiger partial charge on any atom is -0.395 e. The van der Waals surface area contributed by atoms with E-state index in [9.17, 15) is 4.79 Å². The number of aliphatic hydroxyl groups excluding tert-OH is 1. The topological polar surface area (TPSA) is 66.6 Å². The number of aliphatic hydroxyl groups is 1. The van der Waals surface area contributed by atoms with Crippen molar-refractivity contribution in [2.75, 3.05) is 13.2 Å². The Hall–Kier alpha value is -0.610. The summed E-state index contributed by atoms with van der Waals surface area (Å²) in [6, 6.07) is -0.0836. The van der Waals surface area contributed by atoms with Gasteiger partial charge in [0.25, 0.3) is 0 Å². The van der Waals surface area contributed by atoms with E-state index in [1.807, 2.05) is 6.92 Å². The zero-order valence-corrected chi connectivity index (χ0v) is 10.2. The summed E-state index contributed by atoms with van der Waals surface area (Å²) >= 11 is 0. The fourth-order valence-electron chi connectivity index (χ4n) is 2.44. The van der Waals surface area contributed by atoms with Crippen LogP contribution in [-0.2, 0) is 4.79 Å². The van der Waals surface area contributed by atoms with Crippen molar-refractivity contribution in [2.24, 2.45) is 5.73 Å². The van der Waals surface area contributed by atoms with E-state index in [4.69, 9.17) is 10.8 Å². The van der Waals surface area contributed by atoms with Gasteiger partial charge in [-0.1, -0.05) is 26.2 Å². The highest BCUT2D eigenvalue weighted by atomic mass is 16.3. The van der Waals surface area contributed by atoms with Gasteiger partial charge in [-0.3, -0.25) is 4.79 Å². The Bertz CT molecular complexity index is 215. The predicted octanol–water partition coefficient (Wildman–Crippen LogP) is 0.877. The molecular weight excluding hydrogens is 204 g/mol. The lowest BCUT2D eigenvalue weighted by molar-refractivity contribution is -0.135. The van der Waals surface area contributed by atoms with Gasteiger partial charge in [0, 0.05) is 12.6 Å². The molecule has 16 heavy (non-hydrogen) atoms. The van der Waals surface area contributed by atoms with Crippen molar-refractivity contribution in [3.05, 3.63) is 0 Å². The average Bonchev–Trinajstić information content (AvgIpc) is 2.78. The number of hydrogen-bond donors (Lipinski definition) is 2. The standard InChI is InChI=1S/C12H24N2O2/c1-2-5-11(13)12(16)14(8-9-15)10-6-3-4-7-10/h10-11,15H,2-9,13H2,1H3. The van der Waals surface area contributed by atoms with Gasteiger partial charge in [0.1, 0.15) is 0 Å². The van der Waals surface area contributed by atoms with Gasteiger partial charge < -0.3 is 15.7 Å². The van der Waals surface area contributed by atoms with Gasteiger partial charge in [0.2, 0.25) is 5.91 Å². The third-order valence-corrected chi connectivity index (χ3v) is 3.31. The van der Waals surface area contributed by atoms with E-state index in [1.165, 1.54) is 12.8 Å². The molecule has 0 aromatic carbocycles. The maximum atomic E-state index is 12.1. The molecule has 0 aliphatic heterocycles. The van der Waals surface area contributed by atoms with Crippen molar-refractivity contribution < 1.29 is 9.90 Å². The molecule has 0 radical (unpaired) electrons. The van der Waals surface area contributed by atoms with Crippen LogP contribution in [0.1, 0.15) is 45.4 Å². The monoisotopic (exact) mass is 228 g/mol. The molecule has 1 atom stereocenters. The van der Waals surface area contributed by atoms with Crippen LogP contribution in [0.4, 0.5) is 0 Å². The molecule has 1 aliphatic carbocycles. The number of amides is 1. The molecule has 1 saturated carbocycles. The largest absolute Gasteiger partial charge is 0.395 e. The van der Waals surface area contributed by atoms with Gasteiger partial charge in [-0.05, 0) is 19.3 Å². The van der Waals surface area contributed by atoms with Crippen LogP contribution in [-0.4, -0.2) is 41.1 Å². The zero-order chi connectivity index (χ0) is 12.0. The van der Waals surface area contributed by atoms with E-state index in [0.717, 1.165) is 25.7 Å². The maximum Gasteiger partial charge on any atom is 0.239 e. The number of carbonyl (C=O) groups excluding carboxylic acids is 1. The summed E-state index contributed by atoms with van der Waals surface area (Å²) in [4.78, 5) is 13.9. The van der Waals surface area contributed by atoms with Gasteiger partial charge >= 0.3 is 0 Å². The SMILES string of the molecule is CCCC(N)C(=O)N(CCO)C1CCCC1. The Labute approximate surface area is 97.8 Å². The number of rotatable bonds is 6. The smallest absolute Gasteiger partial charge is 0.239 e. The lowest BCUT2D eigenvalue weighted by Crippen LogP contribution is -2.49. The lowest BCUT2D eigenvalue weighted by atomic mass is 10.1. The molecule has 3 N–H and O–H groups in total. The van der Waals surface area contributed by atoms with E-state index in [-0.39, 0.29) is 12.5 Å². The van der Waals surface area contributed by atoms with Crippen LogP contribution in [0.3, 0.4) is 0 Å². The van der Waals surface area contributed by atoms with Gasteiger partial charge in [0.05, 0.1) is 12.6 Å². The van der Waals surface area contributed by atoms with E-state index in [0.29, 0.717) is 12.6 Å². The molecule has 0 bridgehead atoms. The molecule has 0 heterocycles. The molecule has 4 heteroatoms. The van der Waals surface area contributed by atoms with Crippen LogP contribution in [0.2, 0.25) is 0 Å². The fourth-order valence-corrected chi connectivity index (χ4v) is 2.44. The fraction of sp³-hybridized carbons (Fsp3) is 0.917. The van der Waals surface area contributed by atoms with E-state index in [2.05, 4.69) is 0 Å². The highest BCUT2D eigenvalue weighted by molar-refractivity contribution is 5.82. The van der Waals surface area contributed by atoms with E-state index in [1.54, 1.807) is 4.90 Å². The summed E-state index contributed by atoms with van der Waals surface area (Å²) in [6.07, 6.45) is 6.14. The first-order chi connectivity index (χ1) is 7.70. The first-order valence-electron chi connectivity index (χ1n) is 6.37. The molecule has 1 unspecified atom stereocenters.